The van der Waals surface area contributed by atoms with Crippen LogP contribution in [0.4, 0.5) is 0 Å². The van der Waals surface area contributed by atoms with Crippen LogP contribution in [0.1, 0.15) is 21.6 Å². The van der Waals surface area contributed by atoms with Gasteiger partial charge in [0.15, 0.2) is 0 Å². The molecule has 1 aliphatic rings. The van der Waals surface area contributed by atoms with Crippen molar-refractivity contribution in [2.24, 2.45) is 0 Å². The fourth-order valence-electron chi connectivity index (χ4n) is 2.42. The number of hydrogen-bond donors (Lipinski definition) is 1. The minimum Gasteiger partial charge on any atom is -0.480 e. The summed E-state index contributed by atoms with van der Waals surface area (Å²) in [6, 6.07) is 6.78. The number of carboxylic acids is 1. The van der Waals surface area contributed by atoms with Crippen LogP contribution in [0.15, 0.2) is 35.2 Å². The molecule has 1 aromatic heterocycles. The molecular formula is C14H12N2O3S. The lowest BCUT2D eigenvalue weighted by Crippen LogP contribution is -2.48. The first-order valence-corrected chi connectivity index (χ1v) is 7.10. The standard InChI is InChI=1S/C14H12N2O3S/c17-13(11-7-20-8-15-11)16-6-10-4-2-1-3-9(10)5-12(16)14(18)19/h1-4,7-8,12H,5-6H2,(H,18,19)/t12-/m0/s1. The Balaban J connectivity index is 1.96. The maximum absolute atomic E-state index is 12.4. The molecule has 1 aromatic carbocycles. The summed E-state index contributed by atoms with van der Waals surface area (Å²) in [5, 5.41) is 11.0. The first-order chi connectivity index (χ1) is 9.66. The molecular weight excluding hydrogens is 276 g/mol. The number of fused-ring (bicyclic) bond motifs is 1. The molecule has 0 saturated heterocycles. The summed E-state index contributed by atoms with van der Waals surface area (Å²) in [7, 11) is 0. The van der Waals surface area contributed by atoms with E-state index in [4.69, 9.17) is 0 Å². The number of amides is 1. The molecule has 6 heteroatoms. The molecule has 1 amide bonds. The molecule has 1 atom stereocenters. The van der Waals surface area contributed by atoms with Crippen LogP contribution in [0, 0.1) is 0 Å². The average Bonchev–Trinajstić information content (AvgIpc) is 2.99. The van der Waals surface area contributed by atoms with Crippen molar-refractivity contribution in [1.82, 2.24) is 9.88 Å². The van der Waals surface area contributed by atoms with Gasteiger partial charge in [0.2, 0.25) is 0 Å². The summed E-state index contributed by atoms with van der Waals surface area (Å²) >= 11 is 1.32. The molecule has 0 radical (unpaired) electrons. The van der Waals surface area contributed by atoms with Gasteiger partial charge in [-0.1, -0.05) is 24.3 Å². The number of nitrogens with zero attached hydrogens (tertiary/aromatic N) is 2. The molecule has 5 nitrogen and oxygen atoms in total. The Morgan fingerprint density at radius 3 is 2.70 bits per heavy atom. The van der Waals surface area contributed by atoms with Crippen LogP contribution in [0.3, 0.4) is 0 Å². The molecule has 102 valence electrons. The van der Waals surface area contributed by atoms with Crippen molar-refractivity contribution in [3.05, 3.63) is 52.0 Å². The summed E-state index contributed by atoms with van der Waals surface area (Å²) < 4.78 is 0. The molecule has 20 heavy (non-hydrogen) atoms. The number of aliphatic carboxylic acids is 1. The zero-order valence-corrected chi connectivity index (χ0v) is 11.3. The van der Waals surface area contributed by atoms with Crippen LogP contribution in [0.2, 0.25) is 0 Å². The van der Waals surface area contributed by atoms with Crippen LogP contribution in [0.5, 0.6) is 0 Å². The molecule has 0 aliphatic carbocycles. The van der Waals surface area contributed by atoms with E-state index in [1.54, 1.807) is 10.9 Å². The Kier molecular flexibility index (Phi) is 3.23. The molecule has 2 heterocycles. The van der Waals surface area contributed by atoms with Gasteiger partial charge in [0, 0.05) is 18.3 Å². The molecule has 2 aromatic rings. The molecule has 0 saturated carbocycles. The second kappa shape index (κ2) is 5.05. The van der Waals surface area contributed by atoms with E-state index in [0.717, 1.165) is 11.1 Å². The SMILES string of the molecule is O=C(O)[C@@H]1Cc2ccccc2CN1C(=O)c1cscn1. The number of rotatable bonds is 2. The monoisotopic (exact) mass is 288 g/mol. The summed E-state index contributed by atoms with van der Waals surface area (Å²) in [6.45, 7) is 0.309. The maximum Gasteiger partial charge on any atom is 0.326 e. The van der Waals surface area contributed by atoms with Crippen molar-refractivity contribution < 1.29 is 14.7 Å². The maximum atomic E-state index is 12.4. The fourth-order valence-corrected chi connectivity index (χ4v) is 2.95. The van der Waals surface area contributed by atoms with Gasteiger partial charge in [-0.2, -0.15) is 0 Å². The molecule has 0 fully saturated rings. The Morgan fingerprint density at radius 2 is 2.05 bits per heavy atom. The van der Waals surface area contributed by atoms with Crippen molar-refractivity contribution in [3.8, 4) is 0 Å². The van der Waals surface area contributed by atoms with Crippen molar-refractivity contribution in [3.63, 3.8) is 0 Å². The first kappa shape index (κ1) is 12.8. The summed E-state index contributed by atoms with van der Waals surface area (Å²) in [5.41, 5.74) is 3.86. The number of carboxylic acid groups (broad SMARTS) is 1. The fraction of sp³-hybridized carbons (Fsp3) is 0.214. The van der Waals surface area contributed by atoms with E-state index in [-0.39, 0.29) is 5.91 Å². The molecule has 0 unspecified atom stereocenters. The number of benzene rings is 1. The van der Waals surface area contributed by atoms with Crippen molar-refractivity contribution in [2.75, 3.05) is 0 Å². The number of carbonyl (C=O) groups excluding carboxylic acids is 1. The van der Waals surface area contributed by atoms with Crippen LogP contribution < -0.4 is 0 Å². The van der Waals surface area contributed by atoms with Gasteiger partial charge >= 0.3 is 5.97 Å². The van der Waals surface area contributed by atoms with E-state index in [2.05, 4.69) is 4.98 Å². The predicted octanol–water partition coefficient (Wildman–Crippen LogP) is 1.79. The normalized spacial score (nSPS) is 17.6. The van der Waals surface area contributed by atoms with E-state index in [9.17, 15) is 14.7 Å². The smallest absolute Gasteiger partial charge is 0.326 e. The number of hydrogen-bond acceptors (Lipinski definition) is 4. The van der Waals surface area contributed by atoms with Crippen molar-refractivity contribution >= 4 is 23.2 Å². The second-order valence-electron chi connectivity index (χ2n) is 4.63. The topological polar surface area (TPSA) is 70.5 Å². The van der Waals surface area contributed by atoms with Gasteiger partial charge in [-0.05, 0) is 11.1 Å². The van der Waals surface area contributed by atoms with Crippen LogP contribution in [-0.2, 0) is 17.8 Å². The van der Waals surface area contributed by atoms with Crippen LogP contribution in [0.25, 0.3) is 0 Å². The second-order valence-corrected chi connectivity index (χ2v) is 5.35. The minimum absolute atomic E-state index is 0.306. The quantitative estimate of drug-likeness (QED) is 0.914. The molecule has 3 rings (SSSR count). The lowest BCUT2D eigenvalue weighted by molar-refractivity contribution is -0.142. The predicted molar refractivity (Wildman–Crippen MR) is 73.6 cm³/mol. The highest BCUT2D eigenvalue weighted by atomic mass is 32.1. The molecule has 1 aliphatic heterocycles. The van der Waals surface area contributed by atoms with E-state index in [1.807, 2.05) is 24.3 Å². The zero-order chi connectivity index (χ0) is 14.1. The van der Waals surface area contributed by atoms with Gasteiger partial charge in [-0.3, -0.25) is 4.79 Å². The van der Waals surface area contributed by atoms with Gasteiger partial charge in [0.05, 0.1) is 5.51 Å². The van der Waals surface area contributed by atoms with E-state index < -0.39 is 12.0 Å². The van der Waals surface area contributed by atoms with Gasteiger partial charge < -0.3 is 10.0 Å². The Hall–Kier alpha value is -2.21. The van der Waals surface area contributed by atoms with Crippen LogP contribution >= 0.6 is 11.3 Å². The molecule has 0 bridgehead atoms. The van der Waals surface area contributed by atoms with E-state index in [1.165, 1.54) is 16.2 Å². The lowest BCUT2D eigenvalue weighted by Gasteiger charge is -2.34. The zero-order valence-electron chi connectivity index (χ0n) is 10.5. The summed E-state index contributed by atoms with van der Waals surface area (Å²) in [6.07, 6.45) is 0.335. The first-order valence-electron chi connectivity index (χ1n) is 6.15. The number of aromatic nitrogens is 1. The largest absolute Gasteiger partial charge is 0.480 e. The highest BCUT2D eigenvalue weighted by Gasteiger charge is 2.35. The number of carbonyl (C=O) groups is 2. The van der Waals surface area contributed by atoms with Gasteiger partial charge in [0.1, 0.15) is 11.7 Å². The molecule has 0 spiro atoms. The van der Waals surface area contributed by atoms with Gasteiger partial charge in [0.25, 0.3) is 5.91 Å². The highest BCUT2D eigenvalue weighted by molar-refractivity contribution is 7.07. The Bertz CT molecular complexity index is 654. The third-order valence-corrected chi connectivity index (χ3v) is 4.03. The van der Waals surface area contributed by atoms with Gasteiger partial charge in [-0.25, -0.2) is 9.78 Å². The minimum atomic E-state index is -0.983. The molecule has 1 N–H and O–H groups in total. The Labute approximate surface area is 119 Å². The van der Waals surface area contributed by atoms with Crippen molar-refractivity contribution in [2.45, 2.75) is 19.0 Å². The highest BCUT2D eigenvalue weighted by Crippen LogP contribution is 2.25. The van der Waals surface area contributed by atoms with Crippen molar-refractivity contribution in [1.29, 1.82) is 0 Å². The average molecular weight is 288 g/mol. The van der Waals surface area contributed by atoms with Gasteiger partial charge in [-0.15, -0.1) is 11.3 Å². The summed E-state index contributed by atoms with van der Waals surface area (Å²) in [5.74, 6) is -1.31. The Morgan fingerprint density at radius 1 is 1.30 bits per heavy atom. The third kappa shape index (κ3) is 2.18. The van der Waals surface area contributed by atoms with Crippen LogP contribution in [-0.4, -0.2) is 32.9 Å². The summed E-state index contributed by atoms with van der Waals surface area (Å²) in [4.78, 5) is 29.2. The lowest BCUT2D eigenvalue weighted by atomic mass is 9.94. The number of thiazole rings is 1. The van der Waals surface area contributed by atoms with E-state index in [0.29, 0.717) is 18.7 Å². The third-order valence-electron chi connectivity index (χ3n) is 3.45. The van der Waals surface area contributed by atoms with E-state index >= 15 is 0 Å².